The van der Waals surface area contributed by atoms with Gasteiger partial charge in [0.1, 0.15) is 5.78 Å². The van der Waals surface area contributed by atoms with Gasteiger partial charge >= 0.3 is 0 Å². The molecule has 1 aromatic rings. The Morgan fingerprint density at radius 1 is 1.31 bits per heavy atom. The van der Waals surface area contributed by atoms with Gasteiger partial charge in [0.2, 0.25) is 0 Å². The molecule has 1 heterocycles. The van der Waals surface area contributed by atoms with E-state index in [1.165, 1.54) is 5.56 Å². The van der Waals surface area contributed by atoms with Gasteiger partial charge in [0, 0.05) is 12.3 Å². The molecule has 1 fully saturated rings. The average molecular weight is 218 g/mol. The summed E-state index contributed by atoms with van der Waals surface area (Å²) in [4.78, 5) is 11.9. The van der Waals surface area contributed by atoms with Crippen molar-refractivity contribution in [3.05, 3.63) is 35.9 Å². The van der Waals surface area contributed by atoms with E-state index in [0.29, 0.717) is 18.8 Å². The summed E-state index contributed by atoms with van der Waals surface area (Å²) in [6.07, 6.45) is 1.33. The van der Waals surface area contributed by atoms with E-state index in [9.17, 15) is 4.79 Å². The lowest BCUT2D eigenvalue weighted by molar-refractivity contribution is -0.144. The molecular weight excluding hydrogens is 200 g/mol. The predicted molar refractivity (Wildman–Crippen MR) is 63.3 cm³/mol. The summed E-state index contributed by atoms with van der Waals surface area (Å²) in [5, 5.41) is 0. The number of ether oxygens (including phenoxy) is 1. The highest BCUT2D eigenvalue weighted by molar-refractivity contribution is 5.83. The van der Waals surface area contributed by atoms with Crippen molar-refractivity contribution in [1.29, 1.82) is 0 Å². The molecule has 1 aliphatic rings. The smallest absolute Gasteiger partial charge is 0.141 e. The molecule has 0 aliphatic carbocycles. The Morgan fingerprint density at radius 2 is 2.00 bits per heavy atom. The fourth-order valence-electron chi connectivity index (χ4n) is 2.11. The van der Waals surface area contributed by atoms with Crippen LogP contribution < -0.4 is 0 Å². The second-order valence-corrected chi connectivity index (χ2v) is 5.10. The van der Waals surface area contributed by atoms with Gasteiger partial charge in [-0.2, -0.15) is 0 Å². The summed E-state index contributed by atoms with van der Waals surface area (Å²) in [6, 6.07) is 10.1. The zero-order valence-electron chi connectivity index (χ0n) is 9.90. The molecular formula is C14H18O2. The molecule has 1 unspecified atom stereocenters. The molecule has 2 heteroatoms. The van der Waals surface area contributed by atoms with Crippen LogP contribution in [0.5, 0.6) is 0 Å². The van der Waals surface area contributed by atoms with E-state index < -0.39 is 0 Å². The van der Waals surface area contributed by atoms with Crippen LogP contribution in [0.2, 0.25) is 0 Å². The van der Waals surface area contributed by atoms with Gasteiger partial charge in [-0.1, -0.05) is 30.3 Å². The number of hydrogen-bond acceptors (Lipinski definition) is 2. The maximum Gasteiger partial charge on any atom is 0.141 e. The van der Waals surface area contributed by atoms with Crippen molar-refractivity contribution in [1.82, 2.24) is 0 Å². The van der Waals surface area contributed by atoms with Gasteiger partial charge < -0.3 is 4.74 Å². The zero-order chi connectivity index (χ0) is 11.6. The third-order valence-corrected chi connectivity index (χ3v) is 3.06. The van der Waals surface area contributed by atoms with Crippen LogP contribution in [-0.2, 0) is 16.0 Å². The van der Waals surface area contributed by atoms with Crippen LogP contribution in [0, 0.1) is 5.92 Å². The summed E-state index contributed by atoms with van der Waals surface area (Å²) in [6.45, 7) is 4.51. The quantitative estimate of drug-likeness (QED) is 0.762. The van der Waals surface area contributed by atoms with Gasteiger partial charge in [-0.25, -0.2) is 0 Å². The highest BCUT2D eigenvalue weighted by Gasteiger charge is 2.33. The first-order chi connectivity index (χ1) is 7.57. The highest BCUT2D eigenvalue weighted by atomic mass is 16.5. The minimum Gasteiger partial charge on any atom is -0.374 e. The molecule has 1 saturated heterocycles. The third-order valence-electron chi connectivity index (χ3n) is 3.06. The molecule has 0 spiro atoms. The van der Waals surface area contributed by atoms with Crippen molar-refractivity contribution in [3.8, 4) is 0 Å². The summed E-state index contributed by atoms with van der Waals surface area (Å²) in [7, 11) is 0. The second kappa shape index (κ2) is 4.38. The van der Waals surface area contributed by atoms with Crippen LogP contribution in [-0.4, -0.2) is 18.0 Å². The van der Waals surface area contributed by atoms with E-state index in [1.54, 1.807) is 0 Å². The maximum absolute atomic E-state index is 11.9. The topological polar surface area (TPSA) is 26.3 Å². The van der Waals surface area contributed by atoms with Crippen LogP contribution in [0.25, 0.3) is 0 Å². The number of carbonyl (C=O) groups excluding carboxylic acids is 1. The number of Topliss-reactive ketones (excluding diaryl/α,β-unsaturated/α-hetero) is 1. The molecule has 1 aliphatic heterocycles. The van der Waals surface area contributed by atoms with Gasteiger partial charge in [-0.3, -0.25) is 4.79 Å². The molecule has 0 saturated carbocycles. The fourth-order valence-corrected chi connectivity index (χ4v) is 2.11. The van der Waals surface area contributed by atoms with Gasteiger partial charge in [0.25, 0.3) is 0 Å². The van der Waals surface area contributed by atoms with Crippen molar-refractivity contribution in [2.75, 3.05) is 6.61 Å². The van der Waals surface area contributed by atoms with Crippen molar-refractivity contribution in [2.24, 2.45) is 5.92 Å². The Balaban J connectivity index is 2.00. The van der Waals surface area contributed by atoms with Crippen molar-refractivity contribution >= 4 is 5.78 Å². The lowest BCUT2D eigenvalue weighted by Gasteiger charge is -2.33. The van der Waals surface area contributed by atoms with Crippen LogP contribution in [0.3, 0.4) is 0 Å². The van der Waals surface area contributed by atoms with E-state index in [2.05, 4.69) is 12.1 Å². The van der Waals surface area contributed by atoms with E-state index in [0.717, 1.165) is 6.42 Å². The molecule has 0 radical (unpaired) electrons. The van der Waals surface area contributed by atoms with Crippen LogP contribution in [0.1, 0.15) is 25.8 Å². The molecule has 0 amide bonds. The summed E-state index contributed by atoms with van der Waals surface area (Å²) >= 11 is 0. The van der Waals surface area contributed by atoms with E-state index in [4.69, 9.17) is 4.74 Å². The molecule has 86 valence electrons. The van der Waals surface area contributed by atoms with E-state index >= 15 is 0 Å². The highest BCUT2D eigenvalue weighted by Crippen LogP contribution is 2.26. The van der Waals surface area contributed by atoms with E-state index in [-0.39, 0.29) is 11.5 Å². The summed E-state index contributed by atoms with van der Waals surface area (Å²) in [5.41, 5.74) is 0.939. The van der Waals surface area contributed by atoms with Crippen LogP contribution >= 0.6 is 0 Å². The van der Waals surface area contributed by atoms with Crippen LogP contribution in [0.4, 0.5) is 0 Å². The normalized spacial score (nSPS) is 24.4. The number of rotatable bonds is 2. The molecule has 16 heavy (non-hydrogen) atoms. The minimum atomic E-state index is -0.274. The Kier molecular flexibility index (Phi) is 3.10. The number of benzene rings is 1. The second-order valence-electron chi connectivity index (χ2n) is 5.10. The molecule has 1 atom stereocenters. The minimum absolute atomic E-state index is 0.0374. The number of hydrogen-bond donors (Lipinski definition) is 0. The lowest BCUT2D eigenvalue weighted by atomic mass is 9.86. The third kappa shape index (κ3) is 2.70. The molecule has 0 bridgehead atoms. The predicted octanol–water partition coefficient (Wildman–Crippen LogP) is 2.61. The monoisotopic (exact) mass is 218 g/mol. The summed E-state index contributed by atoms with van der Waals surface area (Å²) < 4.78 is 5.70. The van der Waals surface area contributed by atoms with Crippen molar-refractivity contribution in [3.63, 3.8) is 0 Å². The molecule has 2 rings (SSSR count). The Labute approximate surface area is 96.6 Å². The van der Waals surface area contributed by atoms with Crippen molar-refractivity contribution in [2.45, 2.75) is 32.3 Å². The first-order valence-corrected chi connectivity index (χ1v) is 5.77. The molecule has 0 N–H and O–H groups in total. The number of carbonyl (C=O) groups is 1. The zero-order valence-corrected chi connectivity index (χ0v) is 9.90. The first-order valence-electron chi connectivity index (χ1n) is 5.77. The molecule has 2 nitrogen and oxygen atoms in total. The van der Waals surface area contributed by atoms with Crippen molar-refractivity contribution < 1.29 is 9.53 Å². The average Bonchev–Trinajstić information content (AvgIpc) is 2.23. The molecule has 1 aromatic carbocycles. The standard InChI is InChI=1S/C14H18O2/c1-14(2)9-13(15)12(10-16-14)8-11-6-4-3-5-7-11/h3-7,12H,8-10H2,1-2H3. The van der Waals surface area contributed by atoms with E-state index in [1.807, 2.05) is 32.0 Å². The van der Waals surface area contributed by atoms with Crippen LogP contribution in [0.15, 0.2) is 30.3 Å². The lowest BCUT2D eigenvalue weighted by Crippen LogP contribution is -2.40. The fraction of sp³-hybridized carbons (Fsp3) is 0.500. The molecule has 0 aromatic heterocycles. The summed E-state index contributed by atoms with van der Waals surface area (Å²) in [5.74, 6) is 0.371. The number of ketones is 1. The SMILES string of the molecule is CC1(C)CC(=O)C(Cc2ccccc2)CO1. The van der Waals surface area contributed by atoms with Gasteiger partial charge in [0.15, 0.2) is 0 Å². The Hall–Kier alpha value is -1.15. The maximum atomic E-state index is 11.9. The Bertz CT molecular complexity index is 368. The largest absolute Gasteiger partial charge is 0.374 e. The van der Waals surface area contributed by atoms with Gasteiger partial charge in [-0.15, -0.1) is 0 Å². The van der Waals surface area contributed by atoms with Gasteiger partial charge in [0.05, 0.1) is 12.2 Å². The Morgan fingerprint density at radius 3 is 2.62 bits per heavy atom. The first kappa shape index (κ1) is 11.3. The van der Waals surface area contributed by atoms with Gasteiger partial charge in [-0.05, 0) is 25.8 Å².